The number of amides is 1. The van der Waals surface area contributed by atoms with E-state index < -0.39 is 17.9 Å². The van der Waals surface area contributed by atoms with Crippen LogP contribution in [-0.4, -0.2) is 37.8 Å². The minimum atomic E-state index is -0.897. The molecule has 9 nitrogen and oxygen atoms in total. The summed E-state index contributed by atoms with van der Waals surface area (Å²) in [6.07, 6.45) is 6.31. The zero-order chi connectivity index (χ0) is 26.7. The Morgan fingerprint density at radius 2 is 1.92 bits per heavy atom. The summed E-state index contributed by atoms with van der Waals surface area (Å²) in [7, 11) is 0. The second-order valence-corrected chi connectivity index (χ2v) is 10.6. The van der Waals surface area contributed by atoms with Gasteiger partial charge in [0, 0.05) is 22.3 Å². The van der Waals surface area contributed by atoms with Gasteiger partial charge in [-0.1, -0.05) is 19.8 Å². The van der Waals surface area contributed by atoms with Crippen molar-refractivity contribution in [2.24, 2.45) is 0 Å². The summed E-state index contributed by atoms with van der Waals surface area (Å²) >= 11 is 1.44. The molecule has 37 heavy (non-hydrogen) atoms. The molecule has 3 heterocycles. The number of ether oxygens (including phenoxy) is 1. The lowest BCUT2D eigenvalue weighted by Crippen LogP contribution is -2.35. The van der Waals surface area contributed by atoms with Crippen molar-refractivity contribution < 1.29 is 14.3 Å². The fraction of sp³-hybridized carbons (Fsp3) is 0.519. The summed E-state index contributed by atoms with van der Waals surface area (Å²) in [5.74, 6) is -0.524. The highest BCUT2D eigenvalue weighted by atomic mass is 32.1. The lowest BCUT2D eigenvalue weighted by Gasteiger charge is -2.20. The van der Waals surface area contributed by atoms with Crippen molar-refractivity contribution in [3.05, 3.63) is 55.6 Å². The number of thiophene rings is 1. The third-order valence-electron chi connectivity index (χ3n) is 6.60. The number of esters is 1. The molecule has 3 aromatic heterocycles. The number of rotatable bonds is 8. The zero-order valence-corrected chi connectivity index (χ0v) is 23.0. The predicted molar refractivity (Wildman–Crippen MR) is 144 cm³/mol. The van der Waals surface area contributed by atoms with Crippen molar-refractivity contribution >= 4 is 28.2 Å². The van der Waals surface area contributed by atoms with Crippen molar-refractivity contribution in [1.82, 2.24) is 19.3 Å². The van der Waals surface area contributed by atoms with Crippen LogP contribution in [0.2, 0.25) is 0 Å². The SMILES string of the molecule is CCCc1cc(=O)n(C(C)C(=O)Nc2sc3c(c2C(=O)OCC)CCCCC3)c(-n2nc(C)cc2C)n1. The van der Waals surface area contributed by atoms with Crippen LogP contribution in [0.3, 0.4) is 0 Å². The Labute approximate surface area is 220 Å². The minimum absolute atomic E-state index is 0.254. The number of hydrogen-bond donors (Lipinski definition) is 1. The second-order valence-electron chi connectivity index (χ2n) is 9.50. The predicted octanol–water partition coefficient (Wildman–Crippen LogP) is 4.71. The molecular formula is C27H35N5O4S. The summed E-state index contributed by atoms with van der Waals surface area (Å²) < 4.78 is 8.33. The van der Waals surface area contributed by atoms with Crippen molar-refractivity contribution in [2.45, 2.75) is 85.6 Å². The van der Waals surface area contributed by atoms with Crippen LogP contribution in [0, 0.1) is 13.8 Å². The van der Waals surface area contributed by atoms with E-state index in [0.29, 0.717) is 28.6 Å². The number of carbonyl (C=O) groups excluding carboxylic acids is 2. The Kier molecular flexibility index (Phi) is 8.26. The second kappa shape index (κ2) is 11.4. The van der Waals surface area contributed by atoms with Gasteiger partial charge in [-0.25, -0.2) is 14.5 Å². The van der Waals surface area contributed by atoms with Crippen LogP contribution in [0.1, 0.15) is 90.4 Å². The lowest BCUT2D eigenvalue weighted by molar-refractivity contribution is -0.118. The van der Waals surface area contributed by atoms with Gasteiger partial charge in [-0.05, 0) is 71.4 Å². The first-order chi connectivity index (χ1) is 17.7. The van der Waals surface area contributed by atoms with Crippen molar-refractivity contribution in [1.29, 1.82) is 0 Å². The van der Waals surface area contributed by atoms with Gasteiger partial charge in [0.05, 0.1) is 17.9 Å². The van der Waals surface area contributed by atoms with E-state index in [1.807, 2.05) is 26.8 Å². The van der Waals surface area contributed by atoms with E-state index in [-0.39, 0.29) is 12.2 Å². The number of carbonyl (C=O) groups is 2. The fourth-order valence-electron chi connectivity index (χ4n) is 4.84. The summed E-state index contributed by atoms with van der Waals surface area (Å²) in [6, 6.07) is 2.49. The van der Waals surface area contributed by atoms with Crippen LogP contribution in [0.4, 0.5) is 5.00 Å². The Hall–Kier alpha value is -3.27. The number of aryl methyl sites for hydroxylation is 4. The molecule has 0 saturated carbocycles. The number of nitrogens with zero attached hydrogens (tertiary/aromatic N) is 4. The molecule has 10 heteroatoms. The molecule has 1 atom stereocenters. The number of nitrogens with one attached hydrogen (secondary N) is 1. The molecule has 1 aliphatic rings. The first-order valence-electron chi connectivity index (χ1n) is 13.0. The highest BCUT2D eigenvalue weighted by Crippen LogP contribution is 2.38. The molecule has 1 aliphatic carbocycles. The zero-order valence-electron chi connectivity index (χ0n) is 22.2. The standard InChI is InChI=1S/C27H35N5O4S/c1-6-11-19-15-22(33)31(27(28-19)32-17(4)14-16(3)30-32)18(5)24(34)29-25-23(26(35)36-7-2)20-12-9-8-10-13-21(20)37-25/h14-15,18H,6-13H2,1-5H3,(H,29,34). The van der Waals surface area contributed by atoms with Crippen LogP contribution in [0.5, 0.6) is 0 Å². The van der Waals surface area contributed by atoms with Gasteiger partial charge >= 0.3 is 5.97 Å². The normalized spacial score (nSPS) is 14.1. The van der Waals surface area contributed by atoms with Gasteiger partial charge in [0.25, 0.3) is 5.56 Å². The van der Waals surface area contributed by atoms with Crippen LogP contribution in [0.15, 0.2) is 16.9 Å². The first-order valence-corrected chi connectivity index (χ1v) is 13.8. The molecule has 1 N–H and O–H groups in total. The van der Waals surface area contributed by atoms with Gasteiger partial charge in [0.1, 0.15) is 11.0 Å². The number of fused-ring (bicyclic) bond motifs is 1. The smallest absolute Gasteiger partial charge is 0.341 e. The summed E-state index contributed by atoms with van der Waals surface area (Å²) in [6.45, 7) is 9.47. The molecule has 0 radical (unpaired) electrons. The first kappa shape index (κ1) is 26.8. The third kappa shape index (κ3) is 5.53. The average molecular weight is 526 g/mol. The van der Waals surface area contributed by atoms with Crippen molar-refractivity contribution in [3.63, 3.8) is 0 Å². The number of anilines is 1. The van der Waals surface area contributed by atoms with Crippen LogP contribution >= 0.6 is 11.3 Å². The topological polar surface area (TPSA) is 108 Å². The summed E-state index contributed by atoms with van der Waals surface area (Å²) in [5.41, 5.74) is 3.37. The molecule has 198 valence electrons. The van der Waals surface area contributed by atoms with Gasteiger partial charge < -0.3 is 10.1 Å². The van der Waals surface area contributed by atoms with Gasteiger partial charge in [-0.2, -0.15) is 5.10 Å². The Bertz CT molecular complexity index is 1370. The molecular weight excluding hydrogens is 490 g/mol. The van der Waals surface area contributed by atoms with E-state index in [0.717, 1.165) is 60.4 Å². The number of aromatic nitrogens is 4. The third-order valence-corrected chi connectivity index (χ3v) is 7.80. The molecule has 1 unspecified atom stereocenters. The van der Waals surface area contributed by atoms with E-state index in [4.69, 9.17) is 9.72 Å². The van der Waals surface area contributed by atoms with Crippen molar-refractivity contribution in [3.8, 4) is 5.95 Å². The van der Waals surface area contributed by atoms with Crippen LogP contribution in [-0.2, 0) is 28.8 Å². The van der Waals surface area contributed by atoms with E-state index in [2.05, 4.69) is 10.4 Å². The van der Waals surface area contributed by atoms with Gasteiger partial charge in [0.2, 0.25) is 11.9 Å². The maximum Gasteiger partial charge on any atom is 0.341 e. The summed E-state index contributed by atoms with van der Waals surface area (Å²) in [5, 5.41) is 7.96. The molecule has 3 aromatic rings. The van der Waals surface area contributed by atoms with E-state index in [9.17, 15) is 14.4 Å². The van der Waals surface area contributed by atoms with Crippen molar-refractivity contribution in [2.75, 3.05) is 11.9 Å². The number of hydrogen-bond acceptors (Lipinski definition) is 7. The molecule has 1 amide bonds. The highest BCUT2D eigenvalue weighted by molar-refractivity contribution is 7.17. The van der Waals surface area contributed by atoms with Gasteiger partial charge in [-0.15, -0.1) is 11.3 Å². The summed E-state index contributed by atoms with van der Waals surface area (Å²) in [4.78, 5) is 45.7. The molecule has 0 spiro atoms. The fourth-order valence-corrected chi connectivity index (χ4v) is 6.12. The quantitative estimate of drug-likeness (QED) is 0.337. The van der Waals surface area contributed by atoms with E-state index in [1.165, 1.54) is 22.0 Å². The van der Waals surface area contributed by atoms with E-state index >= 15 is 0 Å². The lowest BCUT2D eigenvalue weighted by atomic mass is 10.1. The van der Waals surface area contributed by atoms with Crippen LogP contribution in [0.25, 0.3) is 5.95 Å². The molecule has 0 saturated heterocycles. The Morgan fingerprint density at radius 3 is 2.59 bits per heavy atom. The largest absolute Gasteiger partial charge is 0.462 e. The molecule has 0 aromatic carbocycles. The molecule has 4 rings (SSSR count). The Morgan fingerprint density at radius 1 is 1.16 bits per heavy atom. The van der Waals surface area contributed by atoms with E-state index in [1.54, 1.807) is 18.5 Å². The molecule has 0 aliphatic heterocycles. The minimum Gasteiger partial charge on any atom is -0.462 e. The van der Waals surface area contributed by atoms with Gasteiger partial charge in [-0.3, -0.25) is 14.2 Å². The van der Waals surface area contributed by atoms with Gasteiger partial charge in [0.15, 0.2) is 0 Å². The van der Waals surface area contributed by atoms with Crippen LogP contribution < -0.4 is 10.9 Å². The highest BCUT2D eigenvalue weighted by Gasteiger charge is 2.29. The Balaban J connectivity index is 1.74. The molecule has 0 bridgehead atoms. The maximum absolute atomic E-state index is 13.6. The molecule has 0 fully saturated rings. The average Bonchev–Trinajstić information content (AvgIpc) is 3.27. The monoisotopic (exact) mass is 525 g/mol. The maximum atomic E-state index is 13.6.